The van der Waals surface area contributed by atoms with Gasteiger partial charge < -0.3 is 15.4 Å². The van der Waals surface area contributed by atoms with E-state index in [1.807, 2.05) is 6.07 Å². The molecule has 2 heterocycles. The van der Waals surface area contributed by atoms with E-state index in [-0.39, 0.29) is 63.4 Å². The topological polar surface area (TPSA) is 150 Å². The van der Waals surface area contributed by atoms with E-state index < -0.39 is 15.7 Å². The molecule has 2 aromatic carbocycles. The molecule has 1 aliphatic rings. The Hall–Kier alpha value is -3.64. The number of benzene rings is 2. The molecule has 0 saturated heterocycles. The Morgan fingerprint density at radius 2 is 1.97 bits per heavy atom. The number of anilines is 1. The number of sulfone groups is 1. The summed E-state index contributed by atoms with van der Waals surface area (Å²) >= 11 is 0. The molecule has 4 rings (SSSR count). The van der Waals surface area contributed by atoms with Crippen molar-refractivity contribution in [2.75, 3.05) is 19.5 Å². The standard InChI is InChI=1S/C24H23N3O7S.ClH/c1-14-22(25)18(12-15-4-3-10-26-13-15)20(19-9-11-33-34-19)21(24(28)27-29)23(14)35(30,31)17-7-5-16(32-2)6-8-17;/h3-10,13,29H,11-12,25H2,1-2H3,(H,27,28);1H. The van der Waals surface area contributed by atoms with Crippen LogP contribution in [0.2, 0.25) is 0 Å². The average Bonchev–Trinajstić information content (AvgIpc) is 3.41. The number of carbonyl (C=O) groups excluding carboxylic acids is 1. The number of nitrogen functional groups attached to an aromatic ring is 1. The van der Waals surface area contributed by atoms with Crippen molar-refractivity contribution in [1.82, 2.24) is 10.5 Å². The van der Waals surface area contributed by atoms with Crippen LogP contribution in [0.15, 0.2) is 64.7 Å². The number of hydroxylamine groups is 1. The number of aromatic nitrogens is 1. The first kappa shape index (κ1) is 27.0. The van der Waals surface area contributed by atoms with Crippen LogP contribution in [0.5, 0.6) is 5.75 Å². The van der Waals surface area contributed by atoms with Crippen molar-refractivity contribution in [3.05, 3.63) is 82.7 Å². The van der Waals surface area contributed by atoms with Gasteiger partial charge in [0.1, 0.15) is 12.4 Å². The summed E-state index contributed by atoms with van der Waals surface area (Å²) in [6, 6.07) is 9.28. The molecule has 190 valence electrons. The zero-order valence-corrected chi connectivity index (χ0v) is 21.0. The van der Waals surface area contributed by atoms with Crippen LogP contribution < -0.4 is 16.0 Å². The van der Waals surface area contributed by atoms with Crippen LogP contribution in [0.25, 0.3) is 5.76 Å². The van der Waals surface area contributed by atoms with E-state index in [4.69, 9.17) is 20.2 Å². The Morgan fingerprint density at radius 1 is 1.25 bits per heavy atom. The lowest BCUT2D eigenvalue weighted by molar-refractivity contribution is -0.209. The van der Waals surface area contributed by atoms with Crippen LogP contribution in [-0.4, -0.2) is 38.2 Å². The van der Waals surface area contributed by atoms with Gasteiger partial charge in [0.25, 0.3) is 5.91 Å². The van der Waals surface area contributed by atoms with Crippen molar-refractivity contribution in [2.45, 2.75) is 23.1 Å². The third kappa shape index (κ3) is 4.86. The lowest BCUT2D eigenvalue weighted by atomic mass is 9.90. The number of nitrogens with zero attached hydrogens (tertiary/aromatic N) is 1. The maximum atomic E-state index is 13.8. The zero-order valence-electron chi connectivity index (χ0n) is 19.3. The third-order valence-corrected chi connectivity index (χ3v) is 7.59. The summed E-state index contributed by atoms with van der Waals surface area (Å²) < 4.78 is 32.8. The third-order valence-electron chi connectivity index (χ3n) is 5.65. The molecule has 0 spiro atoms. The van der Waals surface area contributed by atoms with Gasteiger partial charge in [-0.1, -0.05) is 6.07 Å². The highest BCUT2D eigenvalue weighted by molar-refractivity contribution is 7.91. The molecule has 0 fully saturated rings. The first-order valence-electron chi connectivity index (χ1n) is 10.5. The van der Waals surface area contributed by atoms with Gasteiger partial charge in [-0.15, -0.1) is 12.4 Å². The molecule has 12 heteroatoms. The number of ether oxygens (including phenoxy) is 1. The minimum Gasteiger partial charge on any atom is -0.497 e. The molecular weight excluding hydrogens is 510 g/mol. The summed E-state index contributed by atoms with van der Waals surface area (Å²) in [5, 5.41) is 9.58. The van der Waals surface area contributed by atoms with Gasteiger partial charge in [0.05, 0.1) is 22.5 Å². The number of methoxy groups -OCH3 is 1. The van der Waals surface area contributed by atoms with E-state index in [9.17, 15) is 18.4 Å². The van der Waals surface area contributed by atoms with Crippen LogP contribution in [0.3, 0.4) is 0 Å². The van der Waals surface area contributed by atoms with E-state index in [0.717, 1.165) is 5.56 Å². The minimum atomic E-state index is -4.29. The molecule has 1 amide bonds. The molecule has 10 nitrogen and oxygen atoms in total. The Bertz CT molecular complexity index is 1410. The van der Waals surface area contributed by atoms with Crippen molar-refractivity contribution in [1.29, 1.82) is 0 Å². The number of carbonyl (C=O) groups is 1. The van der Waals surface area contributed by atoms with Gasteiger partial charge >= 0.3 is 0 Å². The van der Waals surface area contributed by atoms with Crippen LogP contribution in [0.1, 0.15) is 32.6 Å². The Morgan fingerprint density at radius 3 is 2.53 bits per heavy atom. The zero-order chi connectivity index (χ0) is 25.2. The highest BCUT2D eigenvalue weighted by Gasteiger charge is 2.35. The summed E-state index contributed by atoms with van der Waals surface area (Å²) in [5.41, 5.74) is 9.37. The molecule has 0 unspecified atom stereocenters. The van der Waals surface area contributed by atoms with Crippen molar-refractivity contribution in [3.8, 4) is 5.75 Å². The van der Waals surface area contributed by atoms with Crippen molar-refractivity contribution < 1.29 is 32.9 Å². The summed E-state index contributed by atoms with van der Waals surface area (Å²) in [7, 11) is -2.83. The van der Waals surface area contributed by atoms with Gasteiger partial charge in [0.15, 0.2) is 5.76 Å². The summed E-state index contributed by atoms with van der Waals surface area (Å²) in [4.78, 5) is 27.0. The predicted molar refractivity (Wildman–Crippen MR) is 133 cm³/mol. The van der Waals surface area contributed by atoms with Gasteiger partial charge in [-0.25, -0.2) is 13.9 Å². The Kier molecular flexibility index (Phi) is 8.21. The number of halogens is 1. The molecule has 0 bridgehead atoms. The van der Waals surface area contributed by atoms with Gasteiger partial charge in [-0.05, 0) is 60.0 Å². The van der Waals surface area contributed by atoms with Gasteiger partial charge in [0.2, 0.25) is 9.84 Å². The summed E-state index contributed by atoms with van der Waals surface area (Å²) in [6.07, 6.45) is 5.01. The van der Waals surface area contributed by atoms with E-state index in [2.05, 4.69) is 4.98 Å². The number of nitrogens with two attached hydrogens (primary N) is 1. The van der Waals surface area contributed by atoms with E-state index in [1.165, 1.54) is 38.3 Å². The Balaban J connectivity index is 0.00000361. The number of nitrogens with one attached hydrogen (secondary N) is 1. The number of amides is 1. The largest absolute Gasteiger partial charge is 0.497 e. The van der Waals surface area contributed by atoms with E-state index in [1.54, 1.807) is 30.0 Å². The van der Waals surface area contributed by atoms with Gasteiger partial charge in [-0.3, -0.25) is 15.0 Å². The quantitative estimate of drug-likeness (QED) is 0.180. The first-order chi connectivity index (χ1) is 16.8. The maximum absolute atomic E-state index is 13.8. The minimum absolute atomic E-state index is 0. The molecule has 3 aromatic rings. The lowest BCUT2D eigenvalue weighted by Crippen LogP contribution is -2.26. The molecule has 36 heavy (non-hydrogen) atoms. The highest BCUT2D eigenvalue weighted by Crippen LogP contribution is 2.41. The van der Waals surface area contributed by atoms with E-state index >= 15 is 0 Å². The SMILES string of the molecule is COc1ccc(S(=O)(=O)c2c(C)c(N)c(Cc3cccnc3)c(C3=CCOO3)c2C(=O)NO)cc1.Cl. The lowest BCUT2D eigenvalue weighted by Gasteiger charge is -2.23. The molecular formula is C24H24ClN3O7S. The molecule has 1 aromatic heterocycles. The second kappa shape index (κ2) is 11.0. The van der Waals surface area contributed by atoms with E-state index in [0.29, 0.717) is 11.3 Å². The average molecular weight is 534 g/mol. The van der Waals surface area contributed by atoms with Crippen LogP contribution >= 0.6 is 12.4 Å². The number of pyridine rings is 1. The molecule has 0 saturated carbocycles. The molecule has 0 aliphatic carbocycles. The first-order valence-corrected chi connectivity index (χ1v) is 11.9. The monoisotopic (exact) mass is 533 g/mol. The fourth-order valence-electron chi connectivity index (χ4n) is 3.96. The second-order valence-electron chi connectivity index (χ2n) is 7.69. The molecule has 0 radical (unpaired) electrons. The predicted octanol–water partition coefficient (Wildman–Crippen LogP) is 3.25. The number of hydrogen-bond donors (Lipinski definition) is 3. The fourth-order valence-corrected chi connectivity index (χ4v) is 5.67. The number of hydrogen-bond acceptors (Lipinski definition) is 9. The molecule has 1 aliphatic heterocycles. The van der Waals surface area contributed by atoms with Crippen LogP contribution in [0.4, 0.5) is 5.69 Å². The summed E-state index contributed by atoms with van der Waals surface area (Å²) in [5.74, 6) is -0.470. The summed E-state index contributed by atoms with van der Waals surface area (Å²) in [6.45, 7) is 1.59. The van der Waals surface area contributed by atoms with Crippen LogP contribution in [0, 0.1) is 6.92 Å². The normalized spacial score (nSPS) is 12.8. The smallest absolute Gasteiger partial charge is 0.276 e. The number of rotatable bonds is 7. The highest BCUT2D eigenvalue weighted by atomic mass is 35.5. The fraction of sp³-hybridized carbons (Fsp3) is 0.167. The van der Waals surface area contributed by atoms with Crippen molar-refractivity contribution in [3.63, 3.8) is 0 Å². The second-order valence-corrected chi connectivity index (χ2v) is 9.58. The molecule has 0 atom stereocenters. The van der Waals surface area contributed by atoms with Gasteiger partial charge in [0, 0.05) is 30.1 Å². The van der Waals surface area contributed by atoms with Crippen LogP contribution in [-0.2, 0) is 26.0 Å². The Labute approximate surface area is 213 Å². The van der Waals surface area contributed by atoms with Crippen molar-refractivity contribution >= 4 is 39.6 Å². The van der Waals surface area contributed by atoms with Gasteiger partial charge in [-0.2, -0.15) is 4.89 Å². The maximum Gasteiger partial charge on any atom is 0.276 e. The molecule has 4 N–H and O–H groups in total. The van der Waals surface area contributed by atoms with Crippen molar-refractivity contribution in [2.24, 2.45) is 0 Å².